The lowest BCUT2D eigenvalue weighted by Crippen LogP contribution is -2.36. The lowest BCUT2D eigenvalue weighted by atomic mass is 9.89. The number of Topliss-reactive ketones (excluding diaryl/α,β-unsaturated/α-hetero) is 1. The van der Waals surface area contributed by atoms with Crippen LogP contribution in [0.2, 0.25) is 0 Å². The van der Waals surface area contributed by atoms with Gasteiger partial charge in [0.25, 0.3) is 0 Å². The highest BCUT2D eigenvalue weighted by molar-refractivity contribution is 6.05. The summed E-state index contributed by atoms with van der Waals surface area (Å²) in [6, 6.07) is 5.70. The Morgan fingerprint density at radius 1 is 0.935 bits per heavy atom. The van der Waals surface area contributed by atoms with Crippen molar-refractivity contribution in [2.75, 3.05) is 0 Å². The van der Waals surface area contributed by atoms with Gasteiger partial charge in [-0.15, -0.1) is 0 Å². The molecular weight excluding hydrogens is 396 g/mol. The summed E-state index contributed by atoms with van der Waals surface area (Å²) < 4.78 is 5.86. The Balaban J connectivity index is 2.10. The van der Waals surface area contributed by atoms with E-state index in [0.717, 1.165) is 17.2 Å². The predicted octanol–water partition coefficient (Wildman–Crippen LogP) is 4.50. The number of aliphatic hydroxyl groups excluding tert-OH is 1. The molecule has 6 nitrogen and oxygen atoms in total. The minimum absolute atomic E-state index is 0.00238. The summed E-state index contributed by atoms with van der Waals surface area (Å²) in [7, 11) is 0. The molecule has 0 aliphatic carbocycles. The van der Waals surface area contributed by atoms with Gasteiger partial charge in [0.2, 0.25) is 5.78 Å². The normalized spacial score (nSPS) is 17.5. The van der Waals surface area contributed by atoms with Gasteiger partial charge in [0, 0.05) is 12.1 Å². The number of carbonyl (C=O) groups excluding carboxylic acids is 1. The molecule has 1 aliphatic heterocycles. The third-order valence-corrected chi connectivity index (χ3v) is 5.20. The third kappa shape index (κ3) is 4.75. The number of allylic oxidation sites excluding steroid dienone is 4. The molecule has 0 saturated carbocycles. The molecule has 1 aliphatic rings. The Kier molecular flexibility index (Phi) is 6.41. The molecule has 3 rings (SSSR count). The summed E-state index contributed by atoms with van der Waals surface area (Å²) >= 11 is 0. The number of ketones is 1. The Morgan fingerprint density at radius 3 is 2.00 bits per heavy atom. The Hall–Kier alpha value is -3.25. The van der Waals surface area contributed by atoms with Gasteiger partial charge in [-0.3, -0.25) is 4.79 Å². The van der Waals surface area contributed by atoms with Crippen LogP contribution in [0.1, 0.15) is 60.8 Å². The summed E-state index contributed by atoms with van der Waals surface area (Å²) in [5, 5.41) is 41.3. The molecule has 0 aromatic heterocycles. The minimum Gasteiger partial charge on any atom is -0.508 e. The molecule has 4 N–H and O–H groups in total. The molecule has 2 aromatic carbocycles. The first kappa shape index (κ1) is 22.4. The fourth-order valence-electron chi connectivity index (χ4n) is 3.55. The number of rotatable bonds is 5. The maximum Gasteiger partial charge on any atom is 0.202 e. The first-order valence-electron chi connectivity index (χ1n) is 10.1. The van der Waals surface area contributed by atoms with Crippen molar-refractivity contribution in [2.45, 2.75) is 52.7 Å². The van der Waals surface area contributed by atoms with E-state index < -0.39 is 23.7 Å². The average molecular weight is 424 g/mol. The van der Waals surface area contributed by atoms with E-state index in [2.05, 4.69) is 0 Å². The number of hydrogen-bond donors (Lipinski definition) is 4. The van der Waals surface area contributed by atoms with Crippen LogP contribution in [-0.4, -0.2) is 32.3 Å². The van der Waals surface area contributed by atoms with Gasteiger partial charge in [-0.1, -0.05) is 23.3 Å². The molecule has 0 amide bonds. The zero-order valence-corrected chi connectivity index (χ0v) is 18.1. The van der Waals surface area contributed by atoms with Crippen LogP contribution in [0, 0.1) is 0 Å². The fraction of sp³-hybridized carbons (Fsp3) is 0.320. The van der Waals surface area contributed by atoms with Crippen molar-refractivity contribution in [1.82, 2.24) is 0 Å². The molecule has 2 unspecified atom stereocenters. The van der Waals surface area contributed by atoms with Gasteiger partial charge < -0.3 is 25.2 Å². The predicted molar refractivity (Wildman–Crippen MR) is 118 cm³/mol. The van der Waals surface area contributed by atoms with Crippen molar-refractivity contribution in [2.24, 2.45) is 0 Å². The van der Waals surface area contributed by atoms with E-state index in [4.69, 9.17) is 4.74 Å². The number of aromatic hydroxyl groups is 3. The van der Waals surface area contributed by atoms with E-state index in [0.29, 0.717) is 29.5 Å². The lowest BCUT2D eigenvalue weighted by Gasteiger charge is -2.31. The second-order valence-corrected chi connectivity index (χ2v) is 8.34. The smallest absolute Gasteiger partial charge is 0.202 e. The molecule has 1 heterocycles. The Bertz CT molecular complexity index is 1030. The molecule has 0 fully saturated rings. The standard InChI is InChI=1S/C25H28O6/c1-13(2)5-7-15-9-17(10-16(22(15)28)8-6-14(3)4)25-24(30)23(29)21-19(27)11-18(26)12-20(21)31-25/h5-6,9-12,24-28,30H,7-8H2,1-4H3. The molecule has 6 heteroatoms. The molecule has 2 aromatic rings. The maximum atomic E-state index is 12.8. The molecule has 0 spiro atoms. The lowest BCUT2D eigenvalue weighted by molar-refractivity contribution is 0.0210. The number of aliphatic hydroxyl groups is 1. The van der Waals surface area contributed by atoms with E-state index in [1.807, 2.05) is 39.8 Å². The van der Waals surface area contributed by atoms with Gasteiger partial charge in [-0.25, -0.2) is 0 Å². The van der Waals surface area contributed by atoms with Gasteiger partial charge in [0.15, 0.2) is 12.2 Å². The quantitative estimate of drug-likeness (QED) is 0.527. The van der Waals surface area contributed by atoms with Crippen LogP contribution in [0.25, 0.3) is 0 Å². The second kappa shape index (κ2) is 8.86. The zero-order chi connectivity index (χ0) is 22.9. The van der Waals surface area contributed by atoms with E-state index >= 15 is 0 Å². The number of phenolic OH excluding ortho intramolecular Hbond substituents is 3. The van der Waals surface area contributed by atoms with Crippen LogP contribution in [0.5, 0.6) is 23.0 Å². The third-order valence-electron chi connectivity index (χ3n) is 5.20. The van der Waals surface area contributed by atoms with Gasteiger partial charge >= 0.3 is 0 Å². The van der Waals surface area contributed by atoms with Crippen LogP contribution in [0.15, 0.2) is 47.6 Å². The van der Waals surface area contributed by atoms with Crippen molar-refractivity contribution in [3.05, 3.63) is 69.8 Å². The van der Waals surface area contributed by atoms with Crippen LogP contribution >= 0.6 is 0 Å². The van der Waals surface area contributed by atoms with Crippen molar-refractivity contribution < 1.29 is 30.0 Å². The Morgan fingerprint density at radius 2 is 1.48 bits per heavy atom. The number of carbonyl (C=O) groups is 1. The summed E-state index contributed by atoms with van der Waals surface area (Å²) in [6.07, 6.45) is 2.35. The highest BCUT2D eigenvalue weighted by Gasteiger charge is 2.39. The van der Waals surface area contributed by atoms with Gasteiger partial charge in [-0.05, 0) is 69.4 Å². The van der Waals surface area contributed by atoms with Crippen molar-refractivity contribution >= 4 is 5.78 Å². The second-order valence-electron chi connectivity index (χ2n) is 8.34. The average Bonchev–Trinajstić information content (AvgIpc) is 2.68. The summed E-state index contributed by atoms with van der Waals surface area (Å²) in [5.74, 6) is -1.21. The van der Waals surface area contributed by atoms with Gasteiger partial charge in [0.1, 0.15) is 28.6 Å². The molecule has 31 heavy (non-hydrogen) atoms. The van der Waals surface area contributed by atoms with Crippen LogP contribution in [0.3, 0.4) is 0 Å². The van der Waals surface area contributed by atoms with E-state index in [9.17, 15) is 25.2 Å². The molecule has 0 radical (unpaired) electrons. The van der Waals surface area contributed by atoms with E-state index in [1.165, 1.54) is 6.07 Å². The monoisotopic (exact) mass is 424 g/mol. The molecule has 2 atom stereocenters. The maximum absolute atomic E-state index is 12.8. The van der Waals surface area contributed by atoms with Gasteiger partial charge in [0.05, 0.1) is 0 Å². The first-order valence-corrected chi connectivity index (χ1v) is 10.1. The number of ether oxygens (including phenoxy) is 1. The van der Waals surface area contributed by atoms with Crippen molar-refractivity contribution in [1.29, 1.82) is 0 Å². The first-order chi connectivity index (χ1) is 14.6. The molecule has 0 bridgehead atoms. The van der Waals surface area contributed by atoms with Crippen LogP contribution < -0.4 is 4.74 Å². The van der Waals surface area contributed by atoms with E-state index in [1.54, 1.807) is 12.1 Å². The van der Waals surface area contributed by atoms with Crippen molar-refractivity contribution in [3.8, 4) is 23.0 Å². The minimum atomic E-state index is -1.54. The highest BCUT2D eigenvalue weighted by atomic mass is 16.5. The summed E-state index contributed by atoms with van der Waals surface area (Å²) in [5.41, 5.74) is 3.88. The summed E-state index contributed by atoms with van der Waals surface area (Å²) in [4.78, 5) is 12.8. The highest BCUT2D eigenvalue weighted by Crippen LogP contribution is 2.42. The topological polar surface area (TPSA) is 107 Å². The SMILES string of the molecule is CC(C)=CCc1cc(C2Oc3cc(O)cc(O)c3C(=O)C2O)cc(CC=C(C)C)c1O. The molecule has 0 saturated heterocycles. The summed E-state index contributed by atoms with van der Waals surface area (Å²) in [6.45, 7) is 7.86. The largest absolute Gasteiger partial charge is 0.508 e. The number of phenols is 3. The van der Waals surface area contributed by atoms with E-state index in [-0.39, 0.29) is 22.8 Å². The van der Waals surface area contributed by atoms with Crippen molar-refractivity contribution in [3.63, 3.8) is 0 Å². The van der Waals surface area contributed by atoms with Crippen LogP contribution in [-0.2, 0) is 12.8 Å². The number of benzene rings is 2. The molecule has 164 valence electrons. The number of hydrogen-bond acceptors (Lipinski definition) is 6. The fourth-order valence-corrected chi connectivity index (χ4v) is 3.55. The Labute approximate surface area is 181 Å². The molecular formula is C25H28O6. The van der Waals surface area contributed by atoms with Crippen LogP contribution in [0.4, 0.5) is 0 Å². The zero-order valence-electron chi connectivity index (χ0n) is 18.1. The number of fused-ring (bicyclic) bond motifs is 1. The van der Waals surface area contributed by atoms with Gasteiger partial charge in [-0.2, -0.15) is 0 Å².